The number of hydrogen-bond donors (Lipinski definition) is 0. The number of carbonyl (C=O) groups excluding carboxylic acids is 1. The molecule has 0 bridgehead atoms. The summed E-state index contributed by atoms with van der Waals surface area (Å²) in [4.78, 5) is 15.5. The maximum atomic E-state index is 13.5. The van der Waals surface area contributed by atoms with Gasteiger partial charge >= 0.3 is 0 Å². The summed E-state index contributed by atoms with van der Waals surface area (Å²) in [6, 6.07) is 8.20. The average Bonchev–Trinajstić information content (AvgIpc) is 3.17. The molecule has 1 fully saturated rings. The van der Waals surface area contributed by atoms with Gasteiger partial charge in [-0.05, 0) is 62.1 Å². The lowest BCUT2D eigenvalue weighted by molar-refractivity contribution is 0.0980. The Morgan fingerprint density at radius 2 is 1.58 bits per heavy atom. The van der Waals surface area contributed by atoms with Crippen LogP contribution in [0.1, 0.15) is 42.1 Å². The second-order valence-electron chi connectivity index (χ2n) is 8.40. The van der Waals surface area contributed by atoms with Gasteiger partial charge in [0.2, 0.25) is 15.8 Å². The largest absolute Gasteiger partial charge is 0.493 e. The van der Waals surface area contributed by atoms with Crippen LogP contribution in [-0.4, -0.2) is 59.1 Å². The second kappa shape index (κ2) is 9.23. The minimum Gasteiger partial charge on any atom is -0.493 e. The number of nitrogens with zero attached hydrogens (tertiary/aromatic N) is 2. The highest BCUT2D eigenvalue weighted by molar-refractivity contribution is 7.89. The van der Waals surface area contributed by atoms with Crippen molar-refractivity contribution in [3.63, 3.8) is 0 Å². The van der Waals surface area contributed by atoms with Crippen molar-refractivity contribution in [3.8, 4) is 17.2 Å². The summed E-state index contributed by atoms with van der Waals surface area (Å²) in [5, 5.41) is 0. The third-order valence-electron chi connectivity index (χ3n) is 6.35. The first-order chi connectivity index (χ1) is 15.8. The van der Waals surface area contributed by atoms with Crippen molar-refractivity contribution >= 4 is 21.6 Å². The van der Waals surface area contributed by atoms with E-state index in [1.54, 1.807) is 39.5 Å². The Morgan fingerprint density at radius 3 is 2.15 bits per heavy atom. The van der Waals surface area contributed by atoms with Crippen LogP contribution in [0.3, 0.4) is 0 Å². The number of hydrogen-bond acceptors (Lipinski definition) is 6. The maximum Gasteiger partial charge on any atom is 0.258 e. The first kappa shape index (κ1) is 23.4. The van der Waals surface area contributed by atoms with E-state index >= 15 is 0 Å². The van der Waals surface area contributed by atoms with Crippen molar-refractivity contribution in [1.29, 1.82) is 0 Å². The van der Waals surface area contributed by atoms with Gasteiger partial charge in [-0.25, -0.2) is 8.42 Å². The average molecular weight is 475 g/mol. The standard InChI is InChI=1S/C24H30N2O6S/c1-16-12-17-13-19(33(28,29)25-10-6-5-7-11-25)8-9-20(17)26(16)24(27)18-14-21(30-2)23(32-4)22(15-18)31-3/h8-9,13-16H,5-7,10-12H2,1-4H3. The van der Waals surface area contributed by atoms with E-state index < -0.39 is 10.0 Å². The zero-order valence-corrected chi connectivity index (χ0v) is 20.3. The molecule has 1 unspecified atom stereocenters. The number of amides is 1. The van der Waals surface area contributed by atoms with Crippen LogP contribution in [-0.2, 0) is 16.4 Å². The SMILES string of the molecule is COc1cc(C(=O)N2c3ccc(S(=O)(=O)N4CCCCC4)cc3CC2C)cc(OC)c1OC. The van der Waals surface area contributed by atoms with E-state index in [1.165, 1.54) is 21.3 Å². The van der Waals surface area contributed by atoms with Crippen LogP contribution < -0.4 is 19.1 Å². The van der Waals surface area contributed by atoms with Crippen LogP contribution in [0.25, 0.3) is 0 Å². The molecule has 2 aromatic rings. The third-order valence-corrected chi connectivity index (χ3v) is 8.24. The van der Waals surface area contributed by atoms with Gasteiger partial charge in [-0.2, -0.15) is 4.31 Å². The summed E-state index contributed by atoms with van der Waals surface area (Å²) in [7, 11) is 0.984. The smallest absolute Gasteiger partial charge is 0.258 e. The van der Waals surface area contributed by atoms with Gasteiger partial charge in [-0.15, -0.1) is 0 Å². The Hall–Kier alpha value is -2.78. The van der Waals surface area contributed by atoms with E-state index in [-0.39, 0.29) is 16.8 Å². The van der Waals surface area contributed by atoms with E-state index in [1.807, 2.05) is 6.92 Å². The monoisotopic (exact) mass is 474 g/mol. The van der Waals surface area contributed by atoms with E-state index in [9.17, 15) is 13.2 Å². The lowest BCUT2D eigenvalue weighted by Crippen LogP contribution is -2.36. The van der Waals surface area contributed by atoms with Gasteiger partial charge < -0.3 is 19.1 Å². The molecule has 2 aliphatic rings. The molecule has 1 saturated heterocycles. The first-order valence-corrected chi connectivity index (χ1v) is 12.5. The molecule has 2 heterocycles. The number of methoxy groups -OCH3 is 3. The summed E-state index contributed by atoms with van der Waals surface area (Å²) in [5.74, 6) is 0.997. The van der Waals surface area contributed by atoms with Gasteiger partial charge in [-0.3, -0.25) is 4.79 Å². The molecule has 0 saturated carbocycles. The minimum atomic E-state index is -3.53. The van der Waals surface area contributed by atoms with E-state index in [4.69, 9.17) is 14.2 Å². The predicted molar refractivity (Wildman–Crippen MR) is 125 cm³/mol. The molecule has 0 spiro atoms. The highest BCUT2D eigenvalue weighted by Gasteiger charge is 2.34. The lowest BCUT2D eigenvalue weighted by atomic mass is 10.1. The first-order valence-electron chi connectivity index (χ1n) is 11.1. The zero-order valence-electron chi connectivity index (χ0n) is 19.5. The number of piperidine rings is 1. The quantitative estimate of drug-likeness (QED) is 0.637. The van der Waals surface area contributed by atoms with Gasteiger partial charge in [-0.1, -0.05) is 6.42 Å². The normalized spacial score (nSPS) is 18.7. The topological polar surface area (TPSA) is 85.4 Å². The molecule has 4 rings (SSSR count). The van der Waals surface area contributed by atoms with Gasteiger partial charge in [0.05, 0.1) is 26.2 Å². The Balaban J connectivity index is 1.68. The Morgan fingerprint density at radius 1 is 0.939 bits per heavy atom. The molecule has 0 radical (unpaired) electrons. The van der Waals surface area contributed by atoms with Crippen LogP contribution in [0.4, 0.5) is 5.69 Å². The highest BCUT2D eigenvalue weighted by Crippen LogP contribution is 2.40. The number of benzene rings is 2. The molecule has 178 valence electrons. The highest BCUT2D eigenvalue weighted by atomic mass is 32.2. The van der Waals surface area contributed by atoms with Crippen molar-refractivity contribution in [1.82, 2.24) is 4.31 Å². The molecule has 8 nitrogen and oxygen atoms in total. The van der Waals surface area contributed by atoms with Crippen LogP contribution >= 0.6 is 0 Å². The summed E-state index contributed by atoms with van der Waals surface area (Å²) >= 11 is 0. The minimum absolute atomic E-state index is 0.125. The van der Waals surface area contributed by atoms with Gasteiger partial charge in [0.1, 0.15) is 0 Å². The predicted octanol–water partition coefficient (Wildman–Crippen LogP) is 3.48. The fourth-order valence-electron chi connectivity index (χ4n) is 4.68. The third kappa shape index (κ3) is 4.15. The fraction of sp³-hybridized carbons (Fsp3) is 0.458. The molecule has 0 aromatic heterocycles. The zero-order chi connectivity index (χ0) is 23.8. The molecule has 0 aliphatic carbocycles. The van der Waals surface area contributed by atoms with E-state index in [0.29, 0.717) is 42.3 Å². The molecular weight excluding hydrogens is 444 g/mol. The van der Waals surface area contributed by atoms with Crippen molar-refractivity contribution in [2.75, 3.05) is 39.3 Å². The summed E-state index contributed by atoms with van der Waals surface area (Å²) in [5.41, 5.74) is 1.97. The number of sulfonamides is 1. The molecular formula is C24H30N2O6S. The summed E-state index contributed by atoms with van der Waals surface area (Å²) < 4.78 is 43.9. The fourth-order valence-corrected chi connectivity index (χ4v) is 6.24. The van der Waals surface area contributed by atoms with Gasteiger partial charge in [0, 0.05) is 30.4 Å². The van der Waals surface area contributed by atoms with Crippen LogP contribution in [0.5, 0.6) is 17.2 Å². The molecule has 2 aliphatic heterocycles. The Kier molecular flexibility index (Phi) is 6.54. The molecule has 33 heavy (non-hydrogen) atoms. The van der Waals surface area contributed by atoms with Crippen LogP contribution in [0.15, 0.2) is 35.2 Å². The molecule has 9 heteroatoms. The number of ether oxygens (including phenoxy) is 3. The van der Waals surface area contributed by atoms with Crippen molar-refractivity contribution in [2.24, 2.45) is 0 Å². The number of anilines is 1. The molecule has 2 aromatic carbocycles. The number of carbonyl (C=O) groups is 1. The van der Waals surface area contributed by atoms with Crippen molar-refractivity contribution in [2.45, 2.75) is 43.5 Å². The van der Waals surface area contributed by atoms with Crippen LogP contribution in [0, 0.1) is 0 Å². The molecule has 1 atom stereocenters. The maximum absolute atomic E-state index is 13.5. The van der Waals surface area contributed by atoms with Gasteiger partial charge in [0.15, 0.2) is 11.5 Å². The van der Waals surface area contributed by atoms with Crippen LogP contribution in [0.2, 0.25) is 0 Å². The number of rotatable bonds is 6. The Bertz CT molecular complexity index is 1130. The van der Waals surface area contributed by atoms with Crippen molar-refractivity contribution < 1.29 is 27.4 Å². The lowest BCUT2D eigenvalue weighted by Gasteiger charge is -2.26. The van der Waals surface area contributed by atoms with E-state index in [0.717, 1.165) is 30.5 Å². The molecule has 0 N–H and O–H groups in total. The molecule has 1 amide bonds. The Labute approximate surface area is 195 Å². The van der Waals surface area contributed by atoms with Crippen molar-refractivity contribution in [3.05, 3.63) is 41.5 Å². The van der Waals surface area contributed by atoms with Gasteiger partial charge in [0.25, 0.3) is 5.91 Å². The second-order valence-corrected chi connectivity index (χ2v) is 10.3. The summed E-state index contributed by atoms with van der Waals surface area (Å²) in [6.07, 6.45) is 3.41. The van der Waals surface area contributed by atoms with E-state index in [2.05, 4.69) is 0 Å². The number of fused-ring (bicyclic) bond motifs is 1. The summed E-state index contributed by atoms with van der Waals surface area (Å²) in [6.45, 7) is 3.07.